The van der Waals surface area contributed by atoms with Gasteiger partial charge in [-0.1, -0.05) is 25.6 Å². The molecule has 3 heteroatoms. The first kappa shape index (κ1) is 11.5. The number of aromatic nitrogens is 2. The van der Waals surface area contributed by atoms with Crippen molar-refractivity contribution in [3.05, 3.63) is 41.7 Å². The number of hydrogen-bond donors (Lipinski definition) is 0. The van der Waals surface area contributed by atoms with E-state index < -0.39 is 0 Å². The van der Waals surface area contributed by atoms with Gasteiger partial charge < -0.3 is 0 Å². The number of carbonyl (C=O) groups is 1. The molecule has 1 aromatic heterocycles. The van der Waals surface area contributed by atoms with Crippen molar-refractivity contribution in [2.75, 3.05) is 0 Å². The lowest BCUT2D eigenvalue weighted by Gasteiger charge is -2.08. The zero-order chi connectivity index (χ0) is 12.4. The molecule has 0 bridgehead atoms. The molecule has 0 N–H and O–H groups in total. The SMILES string of the molecule is C=C(CC)c1cccc2nc(C=O)c(C)nc12. The first-order valence-electron chi connectivity index (χ1n) is 5.58. The Bertz CT molecular complexity index is 602. The molecule has 3 nitrogen and oxygen atoms in total. The van der Waals surface area contributed by atoms with Crippen LogP contribution in [0.2, 0.25) is 0 Å². The smallest absolute Gasteiger partial charge is 0.170 e. The molecular formula is C14H14N2O. The summed E-state index contributed by atoms with van der Waals surface area (Å²) in [6, 6.07) is 5.77. The van der Waals surface area contributed by atoms with Crippen LogP contribution in [0, 0.1) is 6.92 Å². The predicted octanol–water partition coefficient (Wildman–Crippen LogP) is 3.17. The maximum atomic E-state index is 10.8. The van der Waals surface area contributed by atoms with Crippen molar-refractivity contribution in [1.82, 2.24) is 9.97 Å². The largest absolute Gasteiger partial charge is 0.296 e. The Hall–Kier alpha value is -2.03. The highest BCUT2D eigenvalue weighted by atomic mass is 16.1. The van der Waals surface area contributed by atoms with Gasteiger partial charge in [-0.15, -0.1) is 0 Å². The summed E-state index contributed by atoms with van der Waals surface area (Å²) in [6.45, 7) is 7.88. The number of aldehydes is 1. The predicted molar refractivity (Wildman–Crippen MR) is 69.0 cm³/mol. The van der Waals surface area contributed by atoms with Crippen LogP contribution >= 0.6 is 0 Å². The summed E-state index contributed by atoms with van der Waals surface area (Å²) in [5.41, 5.74) is 4.66. The van der Waals surface area contributed by atoms with Gasteiger partial charge in [0.15, 0.2) is 6.29 Å². The molecule has 0 saturated carbocycles. The Kier molecular flexibility index (Phi) is 3.00. The minimum absolute atomic E-state index is 0.400. The van der Waals surface area contributed by atoms with Crippen LogP contribution in [0.5, 0.6) is 0 Å². The van der Waals surface area contributed by atoms with Crippen molar-refractivity contribution in [3.8, 4) is 0 Å². The van der Waals surface area contributed by atoms with E-state index in [9.17, 15) is 4.79 Å². The lowest BCUT2D eigenvalue weighted by atomic mass is 10.0. The molecule has 0 aliphatic rings. The Morgan fingerprint density at radius 2 is 2.18 bits per heavy atom. The zero-order valence-electron chi connectivity index (χ0n) is 10.0. The molecule has 1 aromatic carbocycles. The molecule has 0 spiro atoms. The van der Waals surface area contributed by atoms with Crippen LogP contribution in [0.25, 0.3) is 16.6 Å². The van der Waals surface area contributed by atoms with Crippen molar-refractivity contribution in [2.45, 2.75) is 20.3 Å². The molecule has 0 amide bonds. The van der Waals surface area contributed by atoms with Crippen LogP contribution in [0.3, 0.4) is 0 Å². The highest BCUT2D eigenvalue weighted by Crippen LogP contribution is 2.24. The van der Waals surface area contributed by atoms with Gasteiger partial charge in [0.1, 0.15) is 5.69 Å². The molecule has 0 saturated heterocycles. The van der Waals surface area contributed by atoms with Gasteiger partial charge in [-0.25, -0.2) is 9.97 Å². The highest BCUT2D eigenvalue weighted by Gasteiger charge is 2.09. The third-order valence-electron chi connectivity index (χ3n) is 2.83. The van der Waals surface area contributed by atoms with Crippen molar-refractivity contribution in [2.24, 2.45) is 0 Å². The minimum atomic E-state index is 0.400. The molecule has 2 aromatic rings. The van der Waals surface area contributed by atoms with E-state index in [1.807, 2.05) is 18.2 Å². The molecule has 2 rings (SSSR count). The fourth-order valence-corrected chi connectivity index (χ4v) is 1.76. The minimum Gasteiger partial charge on any atom is -0.296 e. The molecule has 0 aliphatic heterocycles. The van der Waals surface area contributed by atoms with Gasteiger partial charge in [-0.2, -0.15) is 0 Å². The summed E-state index contributed by atoms with van der Waals surface area (Å²) in [4.78, 5) is 19.6. The summed E-state index contributed by atoms with van der Waals surface area (Å²) in [5.74, 6) is 0. The quantitative estimate of drug-likeness (QED) is 0.755. The van der Waals surface area contributed by atoms with E-state index in [-0.39, 0.29) is 0 Å². The Morgan fingerprint density at radius 1 is 1.41 bits per heavy atom. The number of carbonyl (C=O) groups excluding carboxylic acids is 1. The second kappa shape index (κ2) is 4.45. The number of benzene rings is 1. The van der Waals surface area contributed by atoms with E-state index in [0.717, 1.165) is 34.9 Å². The highest BCUT2D eigenvalue weighted by molar-refractivity contribution is 5.90. The molecule has 86 valence electrons. The fourth-order valence-electron chi connectivity index (χ4n) is 1.76. The lowest BCUT2D eigenvalue weighted by molar-refractivity contribution is 0.111. The van der Waals surface area contributed by atoms with E-state index in [1.54, 1.807) is 6.92 Å². The first-order valence-corrected chi connectivity index (χ1v) is 5.58. The summed E-state index contributed by atoms with van der Waals surface area (Å²) < 4.78 is 0. The third kappa shape index (κ3) is 1.96. The Balaban J connectivity index is 2.77. The lowest BCUT2D eigenvalue weighted by Crippen LogP contribution is -1.99. The van der Waals surface area contributed by atoms with Crippen LogP contribution in [0.1, 0.15) is 35.1 Å². The molecule has 0 unspecified atom stereocenters. The van der Waals surface area contributed by atoms with Crippen LogP contribution in [-0.2, 0) is 0 Å². The van der Waals surface area contributed by atoms with Crippen molar-refractivity contribution in [1.29, 1.82) is 0 Å². The Labute approximate surface area is 100 Å². The molecular weight excluding hydrogens is 212 g/mol. The number of fused-ring (bicyclic) bond motifs is 1. The van der Waals surface area contributed by atoms with Crippen LogP contribution in [0.15, 0.2) is 24.8 Å². The van der Waals surface area contributed by atoms with Gasteiger partial charge in [-0.3, -0.25) is 4.79 Å². The Morgan fingerprint density at radius 3 is 2.82 bits per heavy atom. The van der Waals surface area contributed by atoms with Crippen LogP contribution < -0.4 is 0 Å². The number of para-hydroxylation sites is 1. The number of rotatable bonds is 3. The van der Waals surface area contributed by atoms with Gasteiger partial charge in [0.2, 0.25) is 0 Å². The first-order chi connectivity index (χ1) is 8.17. The van der Waals surface area contributed by atoms with Crippen molar-refractivity contribution in [3.63, 3.8) is 0 Å². The van der Waals surface area contributed by atoms with Gasteiger partial charge in [0.05, 0.1) is 16.7 Å². The summed E-state index contributed by atoms with van der Waals surface area (Å²) in [7, 11) is 0. The molecule has 1 heterocycles. The summed E-state index contributed by atoms with van der Waals surface area (Å²) in [6.07, 6.45) is 1.61. The van der Waals surface area contributed by atoms with E-state index in [0.29, 0.717) is 11.4 Å². The number of allylic oxidation sites excluding steroid dienone is 1. The average molecular weight is 226 g/mol. The summed E-state index contributed by atoms with van der Waals surface area (Å²) >= 11 is 0. The normalized spacial score (nSPS) is 10.5. The van der Waals surface area contributed by atoms with Crippen LogP contribution in [0.4, 0.5) is 0 Å². The maximum absolute atomic E-state index is 10.8. The summed E-state index contributed by atoms with van der Waals surface area (Å²) in [5, 5.41) is 0. The topological polar surface area (TPSA) is 42.9 Å². The molecule has 0 atom stereocenters. The van der Waals surface area contributed by atoms with E-state index in [2.05, 4.69) is 23.5 Å². The average Bonchev–Trinajstić information content (AvgIpc) is 2.36. The molecule has 17 heavy (non-hydrogen) atoms. The molecule has 0 fully saturated rings. The second-order valence-electron chi connectivity index (χ2n) is 3.94. The van der Waals surface area contributed by atoms with Crippen LogP contribution in [-0.4, -0.2) is 16.3 Å². The standard InChI is InChI=1S/C14H14N2O/c1-4-9(2)11-6-5-7-12-14(11)15-10(3)13(8-17)16-12/h5-8H,2,4H2,1,3H3. The van der Waals surface area contributed by atoms with E-state index >= 15 is 0 Å². The second-order valence-corrected chi connectivity index (χ2v) is 3.94. The van der Waals surface area contributed by atoms with Crippen molar-refractivity contribution >= 4 is 22.9 Å². The molecule has 0 aliphatic carbocycles. The number of hydrogen-bond acceptors (Lipinski definition) is 3. The third-order valence-corrected chi connectivity index (χ3v) is 2.83. The maximum Gasteiger partial charge on any atom is 0.170 e. The fraction of sp³-hybridized carbons (Fsp3) is 0.214. The number of nitrogens with zero attached hydrogens (tertiary/aromatic N) is 2. The number of aryl methyl sites for hydroxylation is 1. The van der Waals surface area contributed by atoms with Gasteiger partial charge in [0, 0.05) is 5.56 Å². The van der Waals surface area contributed by atoms with Gasteiger partial charge in [0.25, 0.3) is 0 Å². The van der Waals surface area contributed by atoms with E-state index in [1.165, 1.54) is 0 Å². The van der Waals surface area contributed by atoms with E-state index in [4.69, 9.17) is 0 Å². The van der Waals surface area contributed by atoms with Gasteiger partial charge >= 0.3 is 0 Å². The van der Waals surface area contributed by atoms with Gasteiger partial charge in [-0.05, 0) is 25.0 Å². The van der Waals surface area contributed by atoms with Crippen molar-refractivity contribution < 1.29 is 4.79 Å². The molecule has 0 radical (unpaired) electrons. The zero-order valence-corrected chi connectivity index (χ0v) is 10.0. The monoisotopic (exact) mass is 226 g/mol.